The first-order valence-corrected chi connectivity index (χ1v) is 8.13. The second-order valence-electron chi connectivity index (χ2n) is 5.78. The van der Waals surface area contributed by atoms with Crippen molar-refractivity contribution < 1.29 is 0 Å². The third-order valence-corrected chi connectivity index (χ3v) is 4.33. The van der Waals surface area contributed by atoms with Gasteiger partial charge >= 0.3 is 0 Å². The molecule has 0 radical (unpaired) electrons. The molecule has 116 valence electrons. The van der Waals surface area contributed by atoms with Gasteiger partial charge in [-0.15, -0.1) is 0 Å². The molecule has 1 aliphatic rings. The fourth-order valence-electron chi connectivity index (χ4n) is 3.05. The third-order valence-electron chi connectivity index (χ3n) is 4.33. The molecule has 0 N–H and O–H groups in total. The summed E-state index contributed by atoms with van der Waals surface area (Å²) in [5, 5.41) is 0. The van der Waals surface area contributed by atoms with Crippen molar-refractivity contribution in [1.29, 1.82) is 0 Å². The molecule has 1 aliphatic heterocycles. The maximum atomic E-state index is 4.81. The van der Waals surface area contributed by atoms with Gasteiger partial charge in [0.05, 0.1) is 0 Å². The number of fused-ring (bicyclic) bond motifs is 1. The predicted octanol–water partition coefficient (Wildman–Crippen LogP) is 3.19. The van der Waals surface area contributed by atoms with Crippen LogP contribution in [-0.4, -0.2) is 29.6 Å². The molecule has 0 aliphatic carbocycles. The molecule has 1 aromatic carbocycles. The lowest BCUT2D eigenvalue weighted by molar-refractivity contribution is 0.702. The maximum absolute atomic E-state index is 4.81. The third kappa shape index (κ3) is 2.91. The number of hydrogen-bond acceptors (Lipinski definition) is 4. The van der Waals surface area contributed by atoms with Gasteiger partial charge in [0.15, 0.2) is 0 Å². The van der Waals surface area contributed by atoms with Crippen LogP contribution in [0.5, 0.6) is 0 Å². The summed E-state index contributed by atoms with van der Waals surface area (Å²) in [6, 6.07) is 10.7. The Labute approximate surface area is 132 Å². The average Bonchev–Trinajstić information content (AvgIpc) is 2.55. The van der Waals surface area contributed by atoms with E-state index in [1.165, 1.54) is 11.1 Å². The van der Waals surface area contributed by atoms with E-state index in [9.17, 15) is 0 Å². The van der Waals surface area contributed by atoms with Crippen molar-refractivity contribution in [3.63, 3.8) is 0 Å². The summed E-state index contributed by atoms with van der Waals surface area (Å²) >= 11 is 0. The molecule has 1 aromatic heterocycles. The first kappa shape index (κ1) is 14.8. The number of hydrogen-bond donors (Lipinski definition) is 0. The number of aryl methyl sites for hydroxylation is 1. The second-order valence-corrected chi connectivity index (χ2v) is 5.78. The molecule has 2 aromatic rings. The highest BCUT2D eigenvalue weighted by atomic mass is 15.3. The van der Waals surface area contributed by atoms with Crippen molar-refractivity contribution in [2.75, 3.05) is 29.4 Å². The Balaban J connectivity index is 1.89. The minimum absolute atomic E-state index is 0.858. The van der Waals surface area contributed by atoms with Gasteiger partial charge in [-0.1, -0.05) is 24.3 Å². The molecule has 0 bridgehead atoms. The van der Waals surface area contributed by atoms with Crippen LogP contribution in [-0.2, 0) is 13.0 Å². The predicted molar refractivity (Wildman–Crippen MR) is 91.5 cm³/mol. The largest absolute Gasteiger partial charge is 0.357 e. The summed E-state index contributed by atoms with van der Waals surface area (Å²) in [5.74, 6) is 1.89. The van der Waals surface area contributed by atoms with Crippen molar-refractivity contribution in [3.05, 3.63) is 47.2 Å². The van der Waals surface area contributed by atoms with E-state index >= 15 is 0 Å². The lowest BCUT2D eigenvalue weighted by atomic mass is 10.0. The van der Waals surface area contributed by atoms with Gasteiger partial charge in [0.2, 0.25) is 5.95 Å². The van der Waals surface area contributed by atoms with Crippen molar-refractivity contribution in [2.45, 2.75) is 33.7 Å². The van der Waals surface area contributed by atoms with Crippen molar-refractivity contribution in [3.8, 4) is 0 Å². The lowest BCUT2D eigenvalue weighted by Crippen LogP contribution is -2.32. The highest BCUT2D eigenvalue weighted by Gasteiger charge is 2.19. The molecule has 0 amide bonds. The zero-order chi connectivity index (χ0) is 15.5. The number of benzene rings is 1. The zero-order valence-electron chi connectivity index (χ0n) is 13.7. The van der Waals surface area contributed by atoms with Gasteiger partial charge in [0, 0.05) is 37.9 Å². The molecule has 4 heteroatoms. The van der Waals surface area contributed by atoms with Gasteiger partial charge in [-0.3, -0.25) is 0 Å². The Hall–Kier alpha value is -2.10. The molecule has 22 heavy (non-hydrogen) atoms. The topological polar surface area (TPSA) is 32.3 Å². The molecule has 4 nitrogen and oxygen atoms in total. The molecule has 0 fully saturated rings. The van der Waals surface area contributed by atoms with Crippen LogP contribution >= 0.6 is 0 Å². The minimum Gasteiger partial charge on any atom is -0.357 e. The Bertz CT molecular complexity index is 649. The van der Waals surface area contributed by atoms with Crippen LogP contribution in [0.4, 0.5) is 11.8 Å². The van der Waals surface area contributed by atoms with Crippen LogP contribution in [0.15, 0.2) is 30.3 Å². The average molecular weight is 296 g/mol. The van der Waals surface area contributed by atoms with E-state index in [-0.39, 0.29) is 0 Å². The molecule has 0 atom stereocenters. The Morgan fingerprint density at radius 3 is 2.55 bits per heavy atom. The normalized spacial score (nSPS) is 13.9. The smallest absolute Gasteiger partial charge is 0.227 e. The summed E-state index contributed by atoms with van der Waals surface area (Å²) in [7, 11) is 0. The summed E-state index contributed by atoms with van der Waals surface area (Å²) in [4.78, 5) is 14.1. The molecular weight excluding hydrogens is 272 g/mol. The van der Waals surface area contributed by atoms with Crippen LogP contribution in [0.25, 0.3) is 0 Å². The van der Waals surface area contributed by atoms with Crippen LogP contribution in [0, 0.1) is 6.92 Å². The number of nitrogens with zero attached hydrogens (tertiary/aromatic N) is 4. The first-order valence-electron chi connectivity index (χ1n) is 8.13. The molecule has 0 saturated heterocycles. The van der Waals surface area contributed by atoms with Crippen LogP contribution < -0.4 is 9.80 Å². The van der Waals surface area contributed by atoms with E-state index in [1.807, 2.05) is 0 Å². The van der Waals surface area contributed by atoms with E-state index < -0.39 is 0 Å². The van der Waals surface area contributed by atoms with Crippen molar-refractivity contribution >= 4 is 11.8 Å². The fourth-order valence-corrected chi connectivity index (χ4v) is 3.05. The van der Waals surface area contributed by atoms with Gasteiger partial charge < -0.3 is 9.80 Å². The van der Waals surface area contributed by atoms with E-state index in [0.29, 0.717) is 0 Å². The highest BCUT2D eigenvalue weighted by Crippen LogP contribution is 2.24. The lowest BCUT2D eigenvalue weighted by Gasteiger charge is -2.30. The number of anilines is 2. The minimum atomic E-state index is 0.858. The van der Waals surface area contributed by atoms with E-state index in [4.69, 9.17) is 4.98 Å². The quantitative estimate of drug-likeness (QED) is 0.867. The summed E-state index contributed by atoms with van der Waals surface area (Å²) < 4.78 is 0. The zero-order valence-corrected chi connectivity index (χ0v) is 13.7. The van der Waals surface area contributed by atoms with E-state index in [2.05, 4.69) is 65.9 Å². The van der Waals surface area contributed by atoms with Gasteiger partial charge in [-0.2, -0.15) is 4.98 Å². The Kier molecular flexibility index (Phi) is 4.27. The van der Waals surface area contributed by atoms with Crippen LogP contribution in [0.2, 0.25) is 0 Å². The molecular formula is C18H24N4. The first-order chi connectivity index (χ1) is 10.7. The monoisotopic (exact) mass is 296 g/mol. The van der Waals surface area contributed by atoms with Gasteiger partial charge in [-0.05, 0) is 38.3 Å². The standard InChI is InChI=1S/C18H24N4/c1-4-21(5-2)17-12-14(3)19-18(20-17)22-11-10-15-8-6-7-9-16(15)13-22/h6-9,12H,4-5,10-11,13H2,1-3H3. The SMILES string of the molecule is CCN(CC)c1cc(C)nc(N2CCc3ccccc3C2)n1. The summed E-state index contributed by atoms with van der Waals surface area (Å²) in [6.07, 6.45) is 1.06. The highest BCUT2D eigenvalue weighted by molar-refractivity contribution is 5.47. The molecule has 0 unspecified atom stereocenters. The van der Waals surface area contributed by atoms with Crippen LogP contribution in [0.1, 0.15) is 30.7 Å². The molecule has 0 saturated carbocycles. The van der Waals surface area contributed by atoms with Gasteiger partial charge in [-0.25, -0.2) is 4.98 Å². The van der Waals surface area contributed by atoms with Gasteiger partial charge in [0.1, 0.15) is 5.82 Å². The Morgan fingerprint density at radius 2 is 1.82 bits per heavy atom. The second kappa shape index (κ2) is 6.34. The van der Waals surface area contributed by atoms with E-state index in [0.717, 1.165) is 50.1 Å². The van der Waals surface area contributed by atoms with Crippen molar-refractivity contribution in [1.82, 2.24) is 9.97 Å². The Morgan fingerprint density at radius 1 is 1.09 bits per heavy atom. The molecule has 0 spiro atoms. The molecule has 3 rings (SSSR count). The summed E-state index contributed by atoms with van der Waals surface area (Å²) in [6.45, 7) is 10.2. The summed E-state index contributed by atoms with van der Waals surface area (Å²) in [5.41, 5.74) is 3.88. The van der Waals surface area contributed by atoms with Crippen molar-refractivity contribution in [2.24, 2.45) is 0 Å². The fraction of sp³-hybridized carbons (Fsp3) is 0.444. The van der Waals surface area contributed by atoms with E-state index in [1.54, 1.807) is 0 Å². The van der Waals surface area contributed by atoms with Crippen LogP contribution in [0.3, 0.4) is 0 Å². The maximum Gasteiger partial charge on any atom is 0.227 e. The van der Waals surface area contributed by atoms with Gasteiger partial charge in [0.25, 0.3) is 0 Å². The number of aromatic nitrogens is 2. The number of rotatable bonds is 4. The molecule has 2 heterocycles.